The van der Waals surface area contributed by atoms with Crippen LogP contribution in [0.25, 0.3) is 11.3 Å². The van der Waals surface area contributed by atoms with E-state index in [1.54, 1.807) is 7.11 Å². The van der Waals surface area contributed by atoms with E-state index in [-0.39, 0.29) is 11.9 Å². The summed E-state index contributed by atoms with van der Waals surface area (Å²) in [6.07, 6.45) is 0.903. The molecule has 0 saturated carbocycles. The number of carbonyl (C=O) groups excluding carboxylic acids is 1. The van der Waals surface area contributed by atoms with Gasteiger partial charge < -0.3 is 19.1 Å². The zero-order valence-corrected chi connectivity index (χ0v) is 21.4. The van der Waals surface area contributed by atoms with Crippen molar-refractivity contribution < 1.29 is 19.0 Å². The molecular formula is C27H31ClN4O4. The van der Waals surface area contributed by atoms with Crippen LogP contribution >= 0.6 is 11.6 Å². The first-order valence-corrected chi connectivity index (χ1v) is 12.7. The van der Waals surface area contributed by atoms with Crippen LogP contribution in [0.2, 0.25) is 5.02 Å². The van der Waals surface area contributed by atoms with Gasteiger partial charge in [-0.2, -0.15) is 5.10 Å². The molecule has 1 atom stereocenters. The molecule has 1 amide bonds. The molecule has 2 aromatic carbocycles. The molecule has 2 aliphatic heterocycles. The molecule has 9 heteroatoms. The zero-order chi connectivity index (χ0) is 25.1. The number of aromatic amines is 1. The lowest BCUT2D eigenvalue weighted by Crippen LogP contribution is -2.42. The summed E-state index contributed by atoms with van der Waals surface area (Å²) in [4.78, 5) is 17.9. The number of ether oxygens (including phenoxy) is 3. The van der Waals surface area contributed by atoms with Crippen molar-refractivity contribution in [2.45, 2.75) is 19.4 Å². The lowest BCUT2D eigenvalue weighted by Gasteiger charge is -2.31. The number of methoxy groups -OCH3 is 1. The topological polar surface area (TPSA) is 79.9 Å². The molecule has 1 aromatic heterocycles. The molecular weight excluding hydrogens is 480 g/mol. The first-order valence-electron chi connectivity index (χ1n) is 12.4. The maximum Gasteiger partial charge on any atom is 0.273 e. The Morgan fingerprint density at radius 2 is 1.89 bits per heavy atom. The Hall–Kier alpha value is -3.07. The smallest absolute Gasteiger partial charge is 0.273 e. The highest BCUT2D eigenvalue weighted by molar-refractivity contribution is 6.30. The van der Waals surface area contributed by atoms with Crippen LogP contribution in [-0.4, -0.2) is 79.0 Å². The molecule has 0 radical (unpaired) electrons. The van der Waals surface area contributed by atoms with E-state index in [9.17, 15) is 4.79 Å². The first kappa shape index (κ1) is 24.6. The number of nitrogens with one attached hydrogen (secondary N) is 1. The fourth-order valence-corrected chi connectivity index (χ4v) is 4.99. The highest BCUT2D eigenvalue weighted by Crippen LogP contribution is 2.44. The Morgan fingerprint density at radius 3 is 2.61 bits per heavy atom. The molecule has 5 rings (SSSR count). The van der Waals surface area contributed by atoms with Crippen molar-refractivity contribution in [2.24, 2.45) is 0 Å². The maximum atomic E-state index is 13.6. The summed E-state index contributed by atoms with van der Waals surface area (Å²) in [7, 11) is 1.64. The van der Waals surface area contributed by atoms with Crippen LogP contribution in [0, 0.1) is 0 Å². The van der Waals surface area contributed by atoms with Gasteiger partial charge in [0.15, 0.2) is 11.5 Å². The van der Waals surface area contributed by atoms with Gasteiger partial charge in [-0.15, -0.1) is 0 Å². The summed E-state index contributed by atoms with van der Waals surface area (Å²) in [5.41, 5.74) is 3.99. The van der Waals surface area contributed by atoms with Gasteiger partial charge in [0.05, 0.1) is 38.7 Å². The van der Waals surface area contributed by atoms with Crippen molar-refractivity contribution in [2.75, 3.05) is 53.1 Å². The van der Waals surface area contributed by atoms with E-state index in [2.05, 4.69) is 22.0 Å². The Kier molecular flexibility index (Phi) is 7.46. The van der Waals surface area contributed by atoms with Crippen LogP contribution in [0.3, 0.4) is 0 Å². The van der Waals surface area contributed by atoms with Gasteiger partial charge in [0.25, 0.3) is 5.91 Å². The Labute approximate surface area is 216 Å². The molecule has 190 valence electrons. The SMILES string of the molecule is CCCOc1ccc(C2c3c(-c4ccc(Cl)cc4)n[nH]c3C(=O)N2CCN2CCOCC2)cc1OC. The number of halogens is 1. The molecule has 1 unspecified atom stereocenters. The summed E-state index contributed by atoms with van der Waals surface area (Å²) < 4.78 is 17.0. The molecule has 1 saturated heterocycles. The number of carbonyl (C=O) groups is 1. The number of aromatic nitrogens is 2. The number of benzene rings is 2. The molecule has 2 aliphatic rings. The van der Waals surface area contributed by atoms with E-state index in [1.165, 1.54) is 0 Å². The summed E-state index contributed by atoms with van der Waals surface area (Å²) in [5, 5.41) is 8.22. The highest BCUT2D eigenvalue weighted by atomic mass is 35.5. The number of H-pyrrole nitrogens is 1. The molecule has 1 N–H and O–H groups in total. The summed E-state index contributed by atoms with van der Waals surface area (Å²) in [6, 6.07) is 13.1. The van der Waals surface area contributed by atoms with E-state index in [4.69, 9.17) is 25.8 Å². The van der Waals surface area contributed by atoms with Gasteiger partial charge in [-0.05, 0) is 36.2 Å². The number of fused-ring (bicyclic) bond motifs is 1. The Bertz CT molecular complexity index is 1210. The monoisotopic (exact) mass is 510 g/mol. The van der Waals surface area contributed by atoms with Crippen molar-refractivity contribution in [1.82, 2.24) is 20.0 Å². The second-order valence-electron chi connectivity index (χ2n) is 8.98. The van der Waals surface area contributed by atoms with Gasteiger partial charge in [0.2, 0.25) is 0 Å². The Balaban J connectivity index is 1.54. The van der Waals surface area contributed by atoms with Crippen molar-refractivity contribution in [3.8, 4) is 22.8 Å². The zero-order valence-electron chi connectivity index (χ0n) is 20.6. The number of hydrogen-bond donors (Lipinski definition) is 1. The molecule has 1 fully saturated rings. The average Bonchev–Trinajstić information content (AvgIpc) is 3.46. The number of hydrogen-bond acceptors (Lipinski definition) is 6. The van der Waals surface area contributed by atoms with Crippen molar-refractivity contribution in [3.63, 3.8) is 0 Å². The first-order chi connectivity index (χ1) is 17.6. The molecule has 0 spiro atoms. The lowest BCUT2D eigenvalue weighted by molar-refractivity contribution is 0.0316. The second kappa shape index (κ2) is 10.9. The summed E-state index contributed by atoms with van der Waals surface area (Å²) in [5.74, 6) is 1.28. The van der Waals surface area contributed by atoms with Crippen LogP contribution in [-0.2, 0) is 4.74 Å². The van der Waals surface area contributed by atoms with Gasteiger partial charge in [0.1, 0.15) is 5.69 Å². The van der Waals surface area contributed by atoms with E-state index >= 15 is 0 Å². The maximum absolute atomic E-state index is 13.6. The van der Waals surface area contributed by atoms with Crippen molar-refractivity contribution >= 4 is 17.5 Å². The number of nitrogens with zero attached hydrogens (tertiary/aromatic N) is 3. The molecule has 3 aromatic rings. The van der Waals surface area contributed by atoms with Gasteiger partial charge in [0, 0.05) is 42.3 Å². The van der Waals surface area contributed by atoms with Crippen molar-refractivity contribution in [3.05, 3.63) is 64.3 Å². The molecule has 3 heterocycles. The van der Waals surface area contributed by atoms with E-state index in [0.717, 1.165) is 61.7 Å². The van der Waals surface area contributed by atoms with Crippen LogP contribution < -0.4 is 9.47 Å². The van der Waals surface area contributed by atoms with E-state index in [0.29, 0.717) is 35.4 Å². The van der Waals surface area contributed by atoms with Crippen molar-refractivity contribution in [1.29, 1.82) is 0 Å². The molecule has 8 nitrogen and oxygen atoms in total. The van der Waals surface area contributed by atoms with Gasteiger partial charge in [-0.3, -0.25) is 14.8 Å². The largest absolute Gasteiger partial charge is 0.493 e. The number of amides is 1. The molecule has 0 bridgehead atoms. The van der Waals surface area contributed by atoms with Gasteiger partial charge in [-0.25, -0.2) is 0 Å². The third-order valence-corrected chi connectivity index (χ3v) is 6.96. The summed E-state index contributed by atoms with van der Waals surface area (Å²) in [6.45, 7) is 7.21. The van der Waals surface area contributed by atoms with Gasteiger partial charge >= 0.3 is 0 Å². The van der Waals surface area contributed by atoms with Crippen LogP contribution in [0.1, 0.15) is 41.0 Å². The third-order valence-electron chi connectivity index (χ3n) is 6.71. The quantitative estimate of drug-likeness (QED) is 0.459. The van der Waals surface area contributed by atoms with Gasteiger partial charge in [-0.1, -0.05) is 36.7 Å². The minimum absolute atomic E-state index is 0.0544. The molecule has 0 aliphatic carbocycles. The van der Waals surface area contributed by atoms with Crippen LogP contribution in [0.5, 0.6) is 11.5 Å². The predicted octanol–water partition coefficient (Wildman–Crippen LogP) is 4.40. The van der Waals surface area contributed by atoms with Crippen LogP contribution in [0.15, 0.2) is 42.5 Å². The Morgan fingerprint density at radius 1 is 1.11 bits per heavy atom. The minimum Gasteiger partial charge on any atom is -0.493 e. The summed E-state index contributed by atoms with van der Waals surface area (Å²) >= 11 is 6.13. The average molecular weight is 511 g/mol. The highest BCUT2D eigenvalue weighted by Gasteiger charge is 2.42. The molecule has 36 heavy (non-hydrogen) atoms. The van der Waals surface area contributed by atoms with E-state index in [1.807, 2.05) is 47.4 Å². The normalized spacial score (nSPS) is 17.9. The fraction of sp³-hybridized carbons (Fsp3) is 0.407. The predicted molar refractivity (Wildman–Crippen MR) is 138 cm³/mol. The minimum atomic E-state index is -0.313. The van der Waals surface area contributed by atoms with E-state index < -0.39 is 0 Å². The number of morpholine rings is 1. The number of rotatable bonds is 9. The lowest BCUT2D eigenvalue weighted by atomic mass is 9.95. The second-order valence-corrected chi connectivity index (χ2v) is 9.42. The van der Waals surface area contributed by atoms with Crippen LogP contribution in [0.4, 0.5) is 0 Å². The third kappa shape index (κ3) is 4.81. The fourth-order valence-electron chi connectivity index (χ4n) is 4.86. The standard InChI is InChI=1S/C27H31ClN4O4/c1-3-14-36-21-9-6-19(17-22(21)34-2)26-23-24(18-4-7-20(28)8-5-18)29-30-25(23)27(33)32(26)11-10-31-12-15-35-16-13-31/h4-9,17,26H,3,10-16H2,1-2H3,(H,29,30).